The Balaban J connectivity index is 1.50. The summed E-state index contributed by atoms with van der Waals surface area (Å²) in [6.07, 6.45) is 0.412. The highest BCUT2D eigenvalue weighted by Gasteiger charge is 2.25. The van der Waals surface area contributed by atoms with E-state index in [-0.39, 0.29) is 5.91 Å². The number of rotatable bonds is 6. The monoisotopic (exact) mass is 357 g/mol. The van der Waals surface area contributed by atoms with Crippen molar-refractivity contribution in [3.63, 3.8) is 0 Å². The fraction of sp³-hybridized carbons (Fsp3) is 0.350. The molecule has 0 saturated carbocycles. The van der Waals surface area contributed by atoms with Gasteiger partial charge in [-0.1, -0.05) is 30.3 Å². The first-order valence-electron chi connectivity index (χ1n) is 8.47. The fourth-order valence-corrected chi connectivity index (χ4v) is 4.07. The van der Waals surface area contributed by atoms with E-state index >= 15 is 0 Å². The molecule has 132 valence electrons. The van der Waals surface area contributed by atoms with Crippen LogP contribution in [-0.2, 0) is 4.79 Å². The van der Waals surface area contributed by atoms with Crippen LogP contribution in [0, 0.1) is 0 Å². The molecule has 1 aliphatic heterocycles. The summed E-state index contributed by atoms with van der Waals surface area (Å²) in [7, 11) is 1.67. The molecule has 0 N–H and O–H groups in total. The second kappa shape index (κ2) is 8.81. The van der Waals surface area contributed by atoms with E-state index in [1.165, 1.54) is 5.56 Å². The minimum atomic E-state index is 0.162. The molecule has 2 aromatic carbocycles. The van der Waals surface area contributed by atoms with E-state index < -0.39 is 0 Å². The summed E-state index contributed by atoms with van der Waals surface area (Å²) in [5.74, 6) is 2.79. The Labute approximate surface area is 153 Å². The lowest BCUT2D eigenvalue weighted by atomic mass is 10.1. The number of para-hydroxylation sites is 1. The van der Waals surface area contributed by atoms with Crippen molar-refractivity contribution in [2.75, 3.05) is 32.6 Å². The molecule has 4 nitrogen and oxygen atoms in total. The van der Waals surface area contributed by atoms with Gasteiger partial charge < -0.3 is 14.4 Å². The Morgan fingerprint density at radius 2 is 1.88 bits per heavy atom. The summed E-state index contributed by atoms with van der Waals surface area (Å²) < 4.78 is 10.8. The molecule has 1 amide bonds. The number of hydrogen-bond acceptors (Lipinski definition) is 4. The summed E-state index contributed by atoms with van der Waals surface area (Å²) in [6, 6.07) is 17.7. The van der Waals surface area contributed by atoms with Crippen LogP contribution in [0.15, 0.2) is 54.6 Å². The molecule has 1 aliphatic rings. The van der Waals surface area contributed by atoms with Gasteiger partial charge in [0.25, 0.3) is 0 Å². The second-order valence-electron chi connectivity index (χ2n) is 5.88. The molecule has 1 fully saturated rings. The minimum Gasteiger partial charge on any atom is -0.497 e. The second-order valence-corrected chi connectivity index (χ2v) is 7.19. The van der Waals surface area contributed by atoms with E-state index in [1.807, 2.05) is 59.1 Å². The molecule has 1 saturated heterocycles. The number of hydrogen-bond donors (Lipinski definition) is 0. The van der Waals surface area contributed by atoms with E-state index in [0.29, 0.717) is 18.3 Å². The van der Waals surface area contributed by atoms with E-state index in [1.54, 1.807) is 7.11 Å². The van der Waals surface area contributed by atoms with E-state index in [4.69, 9.17) is 9.47 Å². The first kappa shape index (κ1) is 17.7. The van der Waals surface area contributed by atoms with Crippen molar-refractivity contribution in [3.8, 4) is 11.5 Å². The van der Waals surface area contributed by atoms with Crippen LogP contribution in [0.4, 0.5) is 0 Å². The maximum atomic E-state index is 12.5. The van der Waals surface area contributed by atoms with Gasteiger partial charge in [0.05, 0.1) is 20.1 Å². The zero-order valence-electron chi connectivity index (χ0n) is 14.4. The third kappa shape index (κ3) is 4.92. The molecule has 0 radical (unpaired) electrons. The summed E-state index contributed by atoms with van der Waals surface area (Å²) in [6.45, 7) is 1.97. The zero-order valence-corrected chi connectivity index (χ0v) is 15.2. The minimum absolute atomic E-state index is 0.162. The van der Waals surface area contributed by atoms with E-state index in [2.05, 4.69) is 12.1 Å². The molecule has 2 aromatic rings. The number of amides is 1. The van der Waals surface area contributed by atoms with Crippen LogP contribution < -0.4 is 9.47 Å². The van der Waals surface area contributed by atoms with Crippen LogP contribution in [0.1, 0.15) is 17.2 Å². The van der Waals surface area contributed by atoms with Gasteiger partial charge in [0, 0.05) is 24.1 Å². The van der Waals surface area contributed by atoms with Crippen LogP contribution >= 0.6 is 11.8 Å². The van der Waals surface area contributed by atoms with Crippen LogP contribution in [0.5, 0.6) is 11.5 Å². The lowest BCUT2D eigenvalue weighted by molar-refractivity contribution is -0.131. The van der Waals surface area contributed by atoms with Crippen molar-refractivity contribution in [3.05, 3.63) is 60.2 Å². The first-order chi connectivity index (χ1) is 12.3. The van der Waals surface area contributed by atoms with Gasteiger partial charge in [-0.25, -0.2) is 0 Å². The Morgan fingerprint density at radius 1 is 1.12 bits per heavy atom. The van der Waals surface area contributed by atoms with Crippen LogP contribution in [-0.4, -0.2) is 43.4 Å². The number of thioether (sulfide) groups is 1. The largest absolute Gasteiger partial charge is 0.497 e. The molecule has 0 bridgehead atoms. The molecule has 0 aliphatic carbocycles. The number of carbonyl (C=O) groups is 1. The van der Waals surface area contributed by atoms with Gasteiger partial charge in [0.1, 0.15) is 11.5 Å². The molecule has 0 aromatic heterocycles. The van der Waals surface area contributed by atoms with Gasteiger partial charge in [0.15, 0.2) is 0 Å². The molecular weight excluding hydrogens is 334 g/mol. The topological polar surface area (TPSA) is 38.8 Å². The molecule has 1 atom stereocenters. The van der Waals surface area contributed by atoms with Crippen molar-refractivity contribution in [2.45, 2.75) is 11.7 Å². The van der Waals surface area contributed by atoms with Crippen molar-refractivity contribution >= 4 is 17.7 Å². The van der Waals surface area contributed by atoms with E-state index in [0.717, 1.165) is 30.3 Å². The van der Waals surface area contributed by atoms with Gasteiger partial charge in [-0.3, -0.25) is 4.79 Å². The maximum Gasteiger partial charge on any atom is 0.226 e. The van der Waals surface area contributed by atoms with Gasteiger partial charge in [-0.05, 0) is 29.8 Å². The maximum absolute atomic E-state index is 12.5. The van der Waals surface area contributed by atoms with Gasteiger partial charge in [0.2, 0.25) is 5.91 Å². The Hall–Kier alpha value is -2.14. The smallest absolute Gasteiger partial charge is 0.226 e. The molecule has 5 heteroatoms. The normalized spacial score (nSPS) is 17.2. The Morgan fingerprint density at radius 3 is 2.60 bits per heavy atom. The highest BCUT2D eigenvalue weighted by atomic mass is 32.2. The fourth-order valence-electron chi connectivity index (χ4n) is 2.83. The third-order valence-electron chi connectivity index (χ3n) is 4.23. The lowest BCUT2D eigenvalue weighted by Crippen LogP contribution is -2.39. The van der Waals surface area contributed by atoms with Crippen molar-refractivity contribution < 1.29 is 14.3 Å². The van der Waals surface area contributed by atoms with Crippen LogP contribution in [0.25, 0.3) is 0 Å². The predicted molar refractivity (Wildman–Crippen MR) is 101 cm³/mol. The number of ether oxygens (including phenoxy) is 2. The first-order valence-corrected chi connectivity index (χ1v) is 9.52. The van der Waals surface area contributed by atoms with Gasteiger partial charge >= 0.3 is 0 Å². The number of nitrogens with zero attached hydrogens (tertiary/aromatic N) is 1. The van der Waals surface area contributed by atoms with Crippen molar-refractivity contribution in [1.29, 1.82) is 0 Å². The quantitative estimate of drug-likeness (QED) is 0.789. The third-order valence-corrected chi connectivity index (χ3v) is 5.48. The SMILES string of the molecule is COc1ccc(C2CN(C(=O)CCOc3ccccc3)CCS2)cc1. The van der Waals surface area contributed by atoms with Crippen molar-refractivity contribution in [2.24, 2.45) is 0 Å². The standard InChI is InChI=1S/C20H23NO3S/c1-23-17-9-7-16(8-10-17)19-15-21(12-14-25-19)20(22)11-13-24-18-5-3-2-4-6-18/h2-10,19H,11-15H2,1H3. The predicted octanol–water partition coefficient (Wildman–Crippen LogP) is 3.78. The van der Waals surface area contributed by atoms with Crippen LogP contribution in [0.3, 0.4) is 0 Å². The average molecular weight is 357 g/mol. The number of benzene rings is 2. The summed E-state index contributed by atoms with van der Waals surface area (Å²) in [5.41, 5.74) is 1.24. The number of methoxy groups -OCH3 is 1. The van der Waals surface area contributed by atoms with E-state index in [9.17, 15) is 4.79 Å². The lowest BCUT2D eigenvalue weighted by Gasteiger charge is -2.32. The summed E-state index contributed by atoms with van der Waals surface area (Å²) in [4.78, 5) is 14.4. The van der Waals surface area contributed by atoms with Gasteiger partial charge in [-0.2, -0.15) is 11.8 Å². The average Bonchev–Trinajstić information content (AvgIpc) is 2.69. The molecule has 0 spiro atoms. The van der Waals surface area contributed by atoms with Crippen molar-refractivity contribution in [1.82, 2.24) is 4.90 Å². The zero-order chi connectivity index (χ0) is 17.5. The molecule has 1 unspecified atom stereocenters. The molecule has 1 heterocycles. The summed E-state index contributed by atoms with van der Waals surface area (Å²) >= 11 is 1.91. The molecule has 3 rings (SSSR count). The highest BCUT2D eigenvalue weighted by molar-refractivity contribution is 7.99. The summed E-state index contributed by atoms with van der Waals surface area (Å²) in [5, 5.41) is 0.318. The number of carbonyl (C=O) groups excluding carboxylic acids is 1. The highest BCUT2D eigenvalue weighted by Crippen LogP contribution is 2.34. The van der Waals surface area contributed by atoms with Crippen LogP contribution in [0.2, 0.25) is 0 Å². The molecule has 25 heavy (non-hydrogen) atoms. The Kier molecular flexibility index (Phi) is 6.23. The molecular formula is C20H23NO3S. The van der Waals surface area contributed by atoms with Gasteiger partial charge in [-0.15, -0.1) is 0 Å². The Bertz CT molecular complexity index is 675.